The highest BCUT2D eigenvalue weighted by Gasteiger charge is 2.24. The fraction of sp³-hybridized carbons (Fsp3) is 0.0833. The Morgan fingerprint density at radius 1 is 0.897 bits per heavy atom. The van der Waals surface area contributed by atoms with Crippen LogP contribution in [-0.4, -0.2) is 16.4 Å². The summed E-state index contributed by atoms with van der Waals surface area (Å²) in [6, 6.07) is 21.9. The van der Waals surface area contributed by atoms with Crippen molar-refractivity contribution in [3.8, 4) is 0 Å². The molecule has 5 nitrogen and oxygen atoms in total. The van der Waals surface area contributed by atoms with Crippen LogP contribution in [0.15, 0.2) is 72.8 Å². The Labute approximate surface area is 168 Å². The molecule has 0 spiro atoms. The summed E-state index contributed by atoms with van der Waals surface area (Å²) in [7, 11) is 0. The first kappa shape index (κ1) is 18.5. The third kappa shape index (κ3) is 3.27. The minimum absolute atomic E-state index is 0.127. The number of hydrogen-bond acceptors (Lipinski definition) is 3. The molecule has 4 rings (SSSR count). The molecule has 0 radical (unpaired) electrons. The van der Waals surface area contributed by atoms with Crippen LogP contribution < -0.4 is 11.1 Å². The SMILES string of the molecule is Cc1ccc(NC(=O)c2c(N)n(C(=O)c3ccccc3)c3ccccc23)c(C)c1. The Hall–Kier alpha value is -3.86. The largest absolute Gasteiger partial charge is 0.384 e. The quantitative estimate of drug-likeness (QED) is 0.534. The summed E-state index contributed by atoms with van der Waals surface area (Å²) in [5.41, 5.74) is 10.5. The normalized spacial score (nSPS) is 10.8. The van der Waals surface area contributed by atoms with Gasteiger partial charge in [0.2, 0.25) is 0 Å². The number of carbonyl (C=O) groups is 2. The monoisotopic (exact) mass is 383 g/mol. The van der Waals surface area contributed by atoms with E-state index in [0.717, 1.165) is 11.1 Å². The predicted octanol–water partition coefficient (Wildman–Crippen LogP) is 4.78. The van der Waals surface area contributed by atoms with Crippen LogP contribution in [-0.2, 0) is 0 Å². The lowest BCUT2D eigenvalue weighted by Crippen LogP contribution is -2.18. The second kappa shape index (κ2) is 7.28. The molecular weight excluding hydrogens is 362 g/mol. The van der Waals surface area contributed by atoms with Gasteiger partial charge in [-0.3, -0.25) is 14.2 Å². The van der Waals surface area contributed by atoms with Gasteiger partial charge in [0.1, 0.15) is 5.82 Å². The summed E-state index contributed by atoms with van der Waals surface area (Å²) in [5.74, 6) is -0.488. The first-order valence-corrected chi connectivity index (χ1v) is 9.34. The van der Waals surface area contributed by atoms with Crippen molar-refractivity contribution in [2.45, 2.75) is 13.8 Å². The van der Waals surface area contributed by atoms with Crippen molar-refractivity contribution in [2.24, 2.45) is 0 Å². The molecular formula is C24H21N3O2. The van der Waals surface area contributed by atoms with Crippen molar-refractivity contribution in [1.29, 1.82) is 0 Å². The van der Waals surface area contributed by atoms with Crippen molar-refractivity contribution in [3.05, 3.63) is 95.1 Å². The van der Waals surface area contributed by atoms with Crippen molar-refractivity contribution in [3.63, 3.8) is 0 Å². The Morgan fingerprint density at radius 3 is 2.31 bits per heavy atom. The number of carbonyl (C=O) groups excluding carboxylic acids is 2. The van der Waals surface area contributed by atoms with Gasteiger partial charge < -0.3 is 11.1 Å². The topological polar surface area (TPSA) is 77.1 Å². The van der Waals surface area contributed by atoms with Crippen molar-refractivity contribution in [1.82, 2.24) is 4.57 Å². The number of fused-ring (bicyclic) bond motifs is 1. The van der Waals surface area contributed by atoms with Crippen LogP contribution in [0.1, 0.15) is 31.8 Å². The molecule has 0 bridgehead atoms. The Balaban J connectivity index is 1.82. The number of para-hydroxylation sites is 1. The van der Waals surface area contributed by atoms with Gasteiger partial charge in [-0.1, -0.05) is 54.1 Å². The van der Waals surface area contributed by atoms with Gasteiger partial charge in [0.05, 0.1) is 11.1 Å². The number of aryl methyl sites for hydroxylation is 2. The highest BCUT2D eigenvalue weighted by molar-refractivity contribution is 6.20. The molecule has 0 saturated carbocycles. The molecule has 1 amide bonds. The third-order valence-electron chi connectivity index (χ3n) is 4.99. The Morgan fingerprint density at radius 2 is 1.59 bits per heavy atom. The molecule has 0 fully saturated rings. The van der Waals surface area contributed by atoms with Crippen LogP contribution in [0, 0.1) is 13.8 Å². The number of hydrogen-bond donors (Lipinski definition) is 2. The predicted molar refractivity (Wildman–Crippen MR) is 116 cm³/mol. The third-order valence-corrected chi connectivity index (χ3v) is 4.99. The van der Waals surface area contributed by atoms with Crippen molar-refractivity contribution >= 4 is 34.2 Å². The molecule has 3 N–H and O–H groups in total. The molecule has 0 unspecified atom stereocenters. The van der Waals surface area contributed by atoms with Crippen molar-refractivity contribution < 1.29 is 9.59 Å². The van der Waals surface area contributed by atoms with Crippen LogP contribution in [0.4, 0.5) is 11.5 Å². The number of nitrogens with two attached hydrogens (primary N) is 1. The summed E-state index contributed by atoms with van der Waals surface area (Å²) >= 11 is 0. The molecule has 5 heteroatoms. The van der Waals surface area contributed by atoms with E-state index in [-0.39, 0.29) is 17.6 Å². The van der Waals surface area contributed by atoms with E-state index in [1.807, 2.05) is 50.2 Å². The summed E-state index contributed by atoms with van der Waals surface area (Å²) in [4.78, 5) is 26.3. The van der Waals surface area contributed by atoms with Gasteiger partial charge in [-0.2, -0.15) is 0 Å². The molecule has 0 aliphatic rings. The standard InChI is InChI=1S/C24H21N3O2/c1-15-12-13-19(16(2)14-15)26-23(28)21-18-10-6-7-11-20(18)27(22(21)25)24(29)17-8-4-3-5-9-17/h3-14H,25H2,1-2H3,(H,26,28). The van der Waals surface area contributed by atoms with Crippen LogP contribution in [0.3, 0.4) is 0 Å². The van der Waals surface area contributed by atoms with Crippen LogP contribution >= 0.6 is 0 Å². The van der Waals surface area contributed by atoms with Crippen LogP contribution in [0.5, 0.6) is 0 Å². The lowest BCUT2D eigenvalue weighted by Gasteiger charge is -2.10. The van der Waals surface area contributed by atoms with Crippen LogP contribution in [0.25, 0.3) is 10.9 Å². The lowest BCUT2D eigenvalue weighted by atomic mass is 10.1. The van der Waals surface area contributed by atoms with E-state index in [9.17, 15) is 9.59 Å². The zero-order chi connectivity index (χ0) is 20.5. The molecule has 0 saturated heterocycles. The maximum Gasteiger partial charge on any atom is 0.263 e. The van der Waals surface area contributed by atoms with Gasteiger partial charge >= 0.3 is 0 Å². The maximum absolute atomic E-state index is 13.1. The second-order valence-electron chi connectivity index (χ2n) is 7.06. The number of aromatic nitrogens is 1. The highest BCUT2D eigenvalue weighted by atomic mass is 16.2. The van der Waals surface area contributed by atoms with Crippen LogP contribution in [0.2, 0.25) is 0 Å². The summed E-state index contributed by atoms with van der Waals surface area (Å²) < 4.78 is 1.40. The molecule has 0 atom stereocenters. The molecule has 29 heavy (non-hydrogen) atoms. The van der Waals surface area contributed by atoms with Gasteiger partial charge in [0.15, 0.2) is 0 Å². The number of nitrogen functional groups attached to an aromatic ring is 1. The van der Waals surface area contributed by atoms with Crippen molar-refractivity contribution in [2.75, 3.05) is 11.1 Å². The lowest BCUT2D eigenvalue weighted by molar-refractivity contribution is 0.0967. The number of nitrogens with zero attached hydrogens (tertiary/aromatic N) is 1. The van der Waals surface area contributed by atoms with Gasteiger partial charge in [-0.15, -0.1) is 0 Å². The van der Waals surface area contributed by atoms with E-state index < -0.39 is 0 Å². The maximum atomic E-state index is 13.1. The van der Waals surface area contributed by atoms with E-state index in [2.05, 4.69) is 5.32 Å². The molecule has 1 heterocycles. The molecule has 0 aliphatic carbocycles. The minimum atomic E-state index is -0.342. The molecule has 3 aromatic carbocycles. The van der Waals surface area contributed by atoms with E-state index in [1.165, 1.54) is 4.57 Å². The molecule has 1 aromatic heterocycles. The first-order chi connectivity index (χ1) is 14.0. The second-order valence-corrected chi connectivity index (χ2v) is 7.06. The van der Waals surface area contributed by atoms with E-state index in [1.54, 1.807) is 36.4 Å². The van der Waals surface area contributed by atoms with Gasteiger partial charge in [-0.05, 0) is 43.7 Å². The highest BCUT2D eigenvalue weighted by Crippen LogP contribution is 2.30. The molecule has 4 aromatic rings. The average Bonchev–Trinajstić information content (AvgIpc) is 3.02. The minimum Gasteiger partial charge on any atom is -0.384 e. The number of anilines is 2. The fourth-order valence-corrected chi connectivity index (χ4v) is 3.57. The first-order valence-electron chi connectivity index (χ1n) is 9.34. The zero-order valence-electron chi connectivity index (χ0n) is 16.3. The zero-order valence-corrected chi connectivity index (χ0v) is 16.3. The smallest absolute Gasteiger partial charge is 0.263 e. The number of nitrogens with one attached hydrogen (secondary N) is 1. The fourth-order valence-electron chi connectivity index (χ4n) is 3.57. The number of rotatable bonds is 3. The van der Waals surface area contributed by atoms with E-state index in [4.69, 9.17) is 5.73 Å². The van der Waals surface area contributed by atoms with E-state index >= 15 is 0 Å². The average molecular weight is 383 g/mol. The summed E-state index contributed by atoms with van der Waals surface area (Å²) in [5, 5.41) is 3.57. The van der Waals surface area contributed by atoms with Gasteiger partial charge in [0, 0.05) is 16.6 Å². The van der Waals surface area contributed by atoms with E-state index in [0.29, 0.717) is 27.7 Å². The Kier molecular flexibility index (Phi) is 4.64. The van der Waals surface area contributed by atoms with Gasteiger partial charge in [0.25, 0.3) is 11.8 Å². The number of benzene rings is 3. The van der Waals surface area contributed by atoms with Gasteiger partial charge in [-0.25, -0.2) is 0 Å². The molecule has 0 aliphatic heterocycles. The Bertz CT molecular complexity index is 1240. The summed E-state index contributed by atoms with van der Waals surface area (Å²) in [6.45, 7) is 3.94. The number of amides is 1. The molecule has 144 valence electrons. The summed E-state index contributed by atoms with van der Waals surface area (Å²) in [6.07, 6.45) is 0.